The number of halogens is 2. The zero-order valence-electron chi connectivity index (χ0n) is 17.1. The van der Waals surface area contributed by atoms with Crippen molar-refractivity contribution in [1.29, 1.82) is 0 Å². The van der Waals surface area contributed by atoms with Crippen LogP contribution in [0, 0.1) is 18.6 Å². The molecular weight excluding hydrogens is 398 g/mol. The monoisotopic (exact) mass is 420 g/mol. The first-order valence-electron chi connectivity index (χ1n) is 10.1. The van der Waals surface area contributed by atoms with Crippen molar-refractivity contribution in [2.24, 2.45) is 5.16 Å². The van der Waals surface area contributed by atoms with E-state index in [2.05, 4.69) is 5.16 Å². The molecule has 3 aromatic carbocycles. The lowest BCUT2D eigenvalue weighted by atomic mass is 10.0. The van der Waals surface area contributed by atoms with Gasteiger partial charge in [-0.25, -0.2) is 8.78 Å². The molecule has 6 heteroatoms. The van der Waals surface area contributed by atoms with Crippen LogP contribution in [0.2, 0.25) is 0 Å². The minimum atomic E-state index is -0.448. The number of benzene rings is 3. The number of rotatable bonds is 6. The molecule has 0 saturated carbocycles. The van der Waals surface area contributed by atoms with Crippen LogP contribution < -0.4 is 0 Å². The lowest BCUT2D eigenvalue weighted by Gasteiger charge is -2.25. The third kappa shape index (κ3) is 4.79. The van der Waals surface area contributed by atoms with Gasteiger partial charge in [-0.05, 0) is 31.2 Å². The normalized spacial score (nSPS) is 15.3. The quantitative estimate of drug-likeness (QED) is 0.556. The molecule has 1 heterocycles. The second-order valence-corrected chi connectivity index (χ2v) is 7.59. The summed E-state index contributed by atoms with van der Waals surface area (Å²) in [5, 5.41) is 4.03. The van der Waals surface area contributed by atoms with Gasteiger partial charge in [0.25, 0.3) is 5.91 Å². The Hall–Kier alpha value is -3.54. The van der Waals surface area contributed by atoms with Crippen LogP contribution in [0.15, 0.2) is 78.0 Å². The fraction of sp³-hybridized carbons (Fsp3) is 0.200. The van der Waals surface area contributed by atoms with Crippen molar-refractivity contribution in [3.05, 3.63) is 107 Å². The lowest BCUT2D eigenvalue weighted by molar-refractivity contribution is 0.0403. The minimum absolute atomic E-state index is 0.0915. The summed E-state index contributed by atoms with van der Waals surface area (Å²) in [6, 6.07) is 20.0. The number of oxime groups is 1. The summed E-state index contributed by atoms with van der Waals surface area (Å²) in [4.78, 5) is 20.3. The van der Waals surface area contributed by atoms with Gasteiger partial charge in [0, 0.05) is 29.7 Å². The average molecular weight is 420 g/mol. The van der Waals surface area contributed by atoms with Crippen LogP contribution in [0.1, 0.15) is 33.5 Å². The first-order valence-corrected chi connectivity index (χ1v) is 10.1. The van der Waals surface area contributed by atoms with Crippen LogP contribution >= 0.6 is 0 Å². The highest BCUT2D eigenvalue weighted by Crippen LogP contribution is 2.22. The molecule has 0 aromatic heterocycles. The van der Waals surface area contributed by atoms with E-state index in [0.29, 0.717) is 28.8 Å². The average Bonchev–Trinajstić information content (AvgIpc) is 3.23. The Kier molecular flexibility index (Phi) is 6.07. The molecule has 1 unspecified atom stereocenters. The molecule has 1 aliphatic rings. The maximum atomic E-state index is 14.3. The zero-order chi connectivity index (χ0) is 21.8. The number of carbonyl (C=O) groups excluding carboxylic acids is 1. The van der Waals surface area contributed by atoms with Crippen LogP contribution in [0.4, 0.5) is 8.78 Å². The predicted molar refractivity (Wildman–Crippen MR) is 115 cm³/mol. The van der Waals surface area contributed by atoms with Crippen molar-refractivity contribution in [2.75, 3.05) is 6.54 Å². The number of aryl methyl sites for hydroxylation is 1. The van der Waals surface area contributed by atoms with Crippen molar-refractivity contribution >= 4 is 11.6 Å². The van der Waals surface area contributed by atoms with Crippen molar-refractivity contribution in [2.45, 2.75) is 26.0 Å². The maximum Gasteiger partial charge on any atom is 0.254 e. The Morgan fingerprint density at radius 3 is 2.39 bits per heavy atom. The van der Waals surface area contributed by atoms with Gasteiger partial charge in [0.1, 0.15) is 11.6 Å². The topological polar surface area (TPSA) is 41.9 Å². The summed E-state index contributed by atoms with van der Waals surface area (Å²) in [7, 11) is 0. The summed E-state index contributed by atoms with van der Waals surface area (Å²) in [6.45, 7) is 2.23. The molecule has 158 valence electrons. The van der Waals surface area contributed by atoms with Gasteiger partial charge in [-0.15, -0.1) is 0 Å². The molecule has 3 aromatic rings. The Balaban J connectivity index is 1.53. The van der Waals surface area contributed by atoms with E-state index in [1.165, 1.54) is 12.1 Å². The fourth-order valence-electron chi connectivity index (χ4n) is 3.56. The number of hydrogen-bond donors (Lipinski definition) is 0. The first kappa shape index (κ1) is 20.7. The smallest absolute Gasteiger partial charge is 0.254 e. The van der Waals surface area contributed by atoms with Gasteiger partial charge in [0.15, 0.2) is 6.10 Å². The Morgan fingerprint density at radius 1 is 1.00 bits per heavy atom. The van der Waals surface area contributed by atoms with Crippen LogP contribution in [-0.2, 0) is 11.4 Å². The first-order chi connectivity index (χ1) is 15.0. The summed E-state index contributed by atoms with van der Waals surface area (Å²) in [5.74, 6) is -0.976. The second kappa shape index (κ2) is 9.08. The van der Waals surface area contributed by atoms with Gasteiger partial charge >= 0.3 is 0 Å². The molecule has 4 nitrogen and oxygen atoms in total. The Labute approximate surface area is 179 Å². The van der Waals surface area contributed by atoms with Crippen molar-refractivity contribution in [3.8, 4) is 0 Å². The predicted octanol–water partition coefficient (Wildman–Crippen LogP) is 5.11. The number of amides is 1. The number of hydrogen-bond acceptors (Lipinski definition) is 3. The molecule has 0 fully saturated rings. The lowest BCUT2D eigenvalue weighted by Crippen LogP contribution is -2.37. The van der Waals surface area contributed by atoms with Crippen LogP contribution in [0.3, 0.4) is 0 Å². The molecule has 31 heavy (non-hydrogen) atoms. The van der Waals surface area contributed by atoms with E-state index in [1.54, 1.807) is 53.4 Å². The largest absolute Gasteiger partial charge is 0.390 e. The maximum absolute atomic E-state index is 14.3. The second-order valence-electron chi connectivity index (χ2n) is 7.59. The molecule has 4 rings (SSSR count). The molecule has 1 atom stereocenters. The summed E-state index contributed by atoms with van der Waals surface area (Å²) in [5.41, 5.74) is 2.85. The van der Waals surface area contributed by atoms with Gasteiger partial charge in [-0.1, -0.05) is 59.3 Å². The molecule has 0 aliphatic carbocycles. The molecule has 0 radical (unpaired) electrons. The van der Waals surface area contributed by atoms with Crippen LogP contribution in [0.5, 0.6) is 0 Å². The Morgan fingerprint density at radius 2 is 1.68 bits per heavy atom. The molecule has 1 aliphatic heterocycles. The van der Waals surface area contributed by atoms with E-state index >= 15 is 0 Å². The van der Waals surface area contributed by atoms with E-state index in [4.69, 9.17) is 4.84 Å². The highest BCUT2D eigenvalue weighted by molar-refractivity contribution is 6.01. The SMILES string of the molecule is Cc1ccc(C(=O)N(Cc2ccccc2F)CC2CC(c3ccccc3F)=NO2)cc1. The highest BCUT2D eigenvalue weighted by atomic mass is 19.1. The number of nitrogens with zero attached hydrogens (tertiary/aromatic N) is 2. The molecular formula is C25H22F2N2O2. The van der Waals surface area contributed by atoms with Crippen LogP contribution in [-0.4, -0.2) is 29.2 Å². The molecule has 0 bridgehead atoms. The van der Waals surface area contributed by atoms with Crippen molar-refractivity contribution < 1.29 is 18.4 Å². The van der Waals surface area contributed by atoms with Gasteiger partial charge < -0.3 is 9.74 Å². The van der Waals surface area contributed by atoms with Crippen molar-refractivity contribution in [1.82, 2.24) is 4.90 Å². The highest BCUT2D eigenvalue weighted by Gasteiger charge is 2.28. The van der Waals surface area contributed by atoms with Crippen LogP contribution in [0.25, 0.3) is 0 Å². The van der Waals surface area contributed by atoms with Crippen molar-refractivity contribution in [3.63, 3.8) is 0 Å². The third-order valence-corrected chi connectivity index (χ3v) is 5.25. The van der Waals surface area contributed by atoms with E-state index in [0.717, 1.165) is 5.56 Å². The van der Waals surface area contributed by atoms with E-state index in [9.17, 15) is 13.6 Å². The number of carbonyl (C=O) groups is 1. The van der Waals surface area contributed by atoms with E-state index in [-0.39, 0.29) is 30.6 Å². The summed E-state index contributed by atoms with van der Waals surface area (Å²) < 4.78 is 28.4. The van der Waals surface area contributed by atoms with E-state index in [1.807, 2.05) is 19.1 Å². The molecule has 1 amide bonds. The zero-order valence-corrected chi connectivity index (χ0v) is 17.1. The molecule has 0 saturated heterocycles. The molecule has 0 spiro atoms. The van der Waals surface area contributed by atoms with E-state index < -0.39 is 6.10 Å². The fourth-order valence-corrected chi connectivity index (χ4v) is 3.56. The standard InChI is InChI=1S/C25H22F2N2O2/c1-17-10-12-18(13-11-17)25(30)29(15-19-6-2-4-8-22(19)26)16-20-14-24(28-31-20)21-7-3-5-9-23(21)27/h2-13,20H,14-16H2,1H3. The summed E-state index contributed by atoms with van der Waals surface area (Å²) >= 11 is 0. The van der Waals surface area contributed by atoms with Gasteiger partial charge in [0.2, 0.25) is 0 Å². The third-order valence-electron chi connectivity index (χ3n) is 5.25. The van der Waals surface area contributed by atoms with Gasteiger partial charge in [-0.3, -0.25) is 4.79 Å². The van der Waals surface area contributed by atoms with Gasteiger partial charge in [0.05, 0.1) is 12.3 Å². The molecule has 0 N–H and O–H groups in total. The Bertz CT molecular complexity index is 1110. The summed E-state index contributed by atoms with van der Waals surface area (Å²) in [6.07, 6.45) is -0.0913. The van der Waals surface area contributed by atoms with Gasteiger partial charge in [-0.2, -0.15) is 0 Å². The minimum Gasteiger partial charge on any atom is -0.390 e.